The number of rotatable bonds is 4. The molecule has 0 saturated heterocycles. The number of carbonyl (C=O) groups is 1. The third-order valence-corrected chi connectivity index (χ3v) is 4.00. The van der Waals surface area contributed by atoms with E-state index in [1.165, 1.54) is 11.8 Å². The van der Waals surface area contributed by atoms with E-state index in [4.69, 9.17) is 5.11 Å². The zero-order chi connectivity index (χ0) is 10.7. The van der Waals surface area contributed by atoms with Gasteiger partial charge in [0, 0.05) is 5.75 Å². The van der Waals surface area contributed by atoms with Crippen molar-refractivity contribution in [3.05, 3.63) is 24.3 Å². The summed E-state index contributed by atoms with van der Waals surface area (Å²) in [5, 5.41) is 8.50. The van der Waals surface area contributed by atoms with Gasteiger partial charge in [0.2, 0.25) is 0 Å². The number of carboxylic acid groups (broad SMARTS) is 1. The van der Waals surface area contributed by atoms with Crippen LogP contribution < -0.4 is 29.6 Å². The molecule has 0 fully saturated rings. The minimum absolute atomic E-state index is 0. The van der Waals surface area contributed by atoms with Crippen LogP contribution in [-0.2, 0) is 4.79 Å². The summed E-state index contributed by atoms with van der Waals surface area (Å²) in [6.07, 6.45) is 0.181. The van der Waals surface area contributed by atoms with E-state index < -0.39 is 5.97 Å². The molecule has 2 aromatic rings. The van der Waals surface area contributed by atoms with Crippen LogP contribution in [0.5, 0.6) is 0 Å². The van der Waals surface area contributed by atoms with Crippen molar-refractivity contribution in [2.75, 3.05) is 5.75 Å². The molecule has 2 rings (SSSR count). The van der Waals surface area contributed by atoms with Gasteiger partial charge in [-0.05, 0) is 12.1 Å². The van der Waals surface area contributed by atoms with Gasteiger partial charge in [-0.15, -0.1) is 11.3 Å². The number of hydrogen-bond donors (Lipinski definition) is 1. The second-order valence-corrected chi connectivity index (χ2v) is 5.31. The van der Waals surface area contributed by atoms with E-state index in [-0.39, 0.29) is 37.4 Å². The Morgan fingerprint density at radius 3 is 2.94 bits per heavy atom. The molecule has 0 unspecified atom stereocenters. The summed E-state index contributed by atoms with van der Waals surface area (Å²) in [6.45, 7) is 0. The summed E-state index contributed by atoms with van der Waals surface area (Å²) < 4.78 is 2.09. The van der Waals surface area contributed by atoms with Crippen molar-refractivity contribution >= 4 is 39.3 Å². The predicted octanol–water partition coefficient (Wildman–Crippen LogP) is -0.0204. The van der Waals surface area contributed by atoms with E-state index in [1.54, 1.807) is 11.3 Å². The molecule has 0 atom stereocenters. The van der Waals surface area contributed by atoms with Crippen molar-refractivity contribution in [2.45, 2.75) is 10.8 Å². The molecule has 0 saturated carbocycles. The zero-order valence-electron chi connectivity index (χ0n) is 9.84. The maximum absolute atomic E-state index is 10.3. The van der Waals surface area contributed by atoms with Gasteiger partial charge in [0.1, 0.15) is 0 Å². The fourth-order valence-corrected chi connectivity index (χ4v) is 3.20. The first-order valence-corrected chi connectivity index (χ1v) is 6.26. The first-order valence-electron chi connectivity index (χ1n) is 4.46. The van der Waals surface area contributed by atoms with Crippen molar-refractivity contribution in [1.82, 2.24) is 4.98 Å². The van der Waals surface area contributed by atoms with Crippen molar-refractivity contribution < 1.29 is 40.9 Å². The normalized spacial score (nSPS) is 10.0. The van der Waals surface area contributed by atoms with E-state index >= 15 is 0 Å². The molecular weight excluding hydrogens is 253 g/mol. The number of hydrogen-bond acceptors (Lipinski definition) is 4. The number of nitrogens with zero attached hydrogens (tertiary/aromatic N) is 1. The standard InChI is InChI=1S/C10H9NO2S2.Na.H/c12-9(13)5-6-14-10-11-7-3-1-2-4-8(7)15-10;;/h1-4H,5-6H2,(H,12,13);;/q;+1;-1. The number of carboxylic acids is 1. The molecule has 16 heavy (non-hydrogen) atoms. The number of benzene rings is 1. The van der Waals surface area contributed by atoms with Gasteiger partial charge in [0.05, 0.1) is 16.6 Å². The minimum Gasteiger partial charge on any atom is -1.00 e. The van der Waals surface area contributed by atoms with E-state index in [9.17, 15) is 4.79 Å². The molecule has 3 nitrogen and oxygen atoms in total. The summed E-state index contributed by atoms with van der Waals surface area (Å²) in [4.78, 5) is 14.7. The fraction of sp³-hybridized carbons (Fsp3) is 0.200. The average Bonchev–Trinajstić information content (AvgIpc) is 2.59. The molecule has 0 aliphatic carbocycles. The maximum atomic E-state index is 10.3. The quantitative estimate of drug-likeness (QED) is 0.622. The first-order chi connectivity index (χ1) is 7.25. The molecule has 0 aliphatic rings. The summed E-state index contributed by atoms with van der Waals surface area (Å²) in [5.41, 5.74) is 0.986. The van der Waals surface area contributed by atoms with Crippen molar-refractivity contribution in [3.63, 3.8) is 0 Å². The fourth-order valence-electron chi connectivity index (χ4n) is 1.14. The Hall–Kier alpha value is -0.0700. The molecular formula is C10H10NNaO2S2. The molecule has 0 amide bonds. The molecule has 0 spiro atoms. The first kappa shape index (κ1) is 14.0. The monoisotopic (exact) mass is 263 g/mol. The number of thiazole rings is 1. The van der Waals surface area contributed by atoms with Crippen LogP contribution in [0.25, 0.3) is 10.2 Å². The Balaban J connectivity index is 0.00000128. The number of fused-ring (bicyclic) bond motifs is 1. The van der Waals surface area contributed by atoms with Crippen LogP contribution in [0.1, 0.15) is 7.85 Å². The summed E-state index contributed by atoms with van der Waals surface area (Å²) in [6, 6.07) is 7.92. The largest absolute Gasteiger partial charge is 1.00 e. The van der Waals surface area contributed by atoms with Gasteiger partial charge >= 0.3 is 35.5 Å². The molecule has 0 bridgehead atoms. The summed E-state index contributed by atoms with van der Waals surface area (Å²) in [7, 11) is 0. The summed E-state index contributed by atoms with van der Waals surface area (Å²) >= 11 is 3.11. The zero-order valence-corrected chi connectivity index (χ0v) is 12.5. The molecule has 80 valence electrons. The van der Waals surface area contributed by atoms with E-state index in [2.05, 4.69) is 4.98 Å². The van der Waals surface area contributed by atoms with Crippen LogP contribution in [0.2, 0.25) is 0 Å². The van der Waals surface area contributed by atoms with Crippen LogP contribution in [-0.4, -0.2) is 21.8 Å². The van der Waals surface area contributed by atoms with E-state index in [0.717, 1.165) is 14.6 Å². The van der Waals surface area contributed by atoms with Crippen LogP contribution in [0, 0.1) is 0 Å². The Kier molecular flexibility index (Phi) is 5.78. The van der Waals surface area contributed by atoms with E-state index in [0.29, 0.717) is 5.75 Å². The average molecular weight is 263 g/mol. The molecule has 6 heteroatoms. The predicted molar refractivity (Wildman–Crippen MR) is 63.7 cm³/mol. The maximum Gasteiger partial charge on any atom is 1.00 e. The Morgan fingerprint density at radius 1 is 1.50 bits per heavy atom. The topological polar surface area (TPSA) is 50.2 Å². The second kappa shape index (κ2) is 6.61. The van der Waals surface area contributed by atoms with Crippen LogP contribution in [0.4, 0.5) is 0 Å². The number of para-hydroxylation sites is 1. The van der Waals surface area contributed by atoms with Crippen molar-refractivity contribution in [3.8, 4) is 0 Å². The Morgan fingerprint density at radius 2 is 2.25 bits per heavy atom. The van der Waals surface area contributed by atoms with E-state index in [1.807, 2.05) is 24.3 Å². The van der Waals surface area contributed by atoms with Gasteiger partial charge in [0.15, 0.2) is 4.34 Å². The van der Waals surface area contributed by atoms with Crippen LogP contribution in [0.3, 0.4) is 0 Å². The molecule has 1 heterocycles. The van der Waals surface area contributed by atoms with Gasteiger partial charge in [-0.3, -0.25) is 4.79 Å². The van der Waals surface area contributed by atoms with Crippen LogP contribution >= 0.6 is 23.1 Å². The molecule has 0 aliphatic heterocycles. The van der Waals surface area contributed by atoms with Crippen molar-refractivity contribution in [2.24, 2.45) is 0 Å². The van der Waals surface area contributed by atoms with Gasteiger partial charge in [0.25, 0.3) is 0 Å². The Bertz CT molecular complexity index is 459. The van der Waals surface area contributed by atoms with Gasteiger partial charge in [-0.2, -0.15) is 0 Å². The number of aromatic nitrogens is 1. The SMILES string of the molecule is O=C(O)CCSc1nc2ccccc2s1.[H-].[Na+]. The van der Waals surface area contributed by atoms with Gasteiger partial charge < -0.3 is 6.53 Å². The Labute approximate surface area is 125 Å². The molecule has 1 aromatic carbocycles. The van der Waals surface area contributed by atoms with Crippen LogP contribution in [0.15, 0.2) is 28.6 Å². The van der Waals surface area contributed by atoms with Gasteiger partial charge in [-0.1, -0.05) is 23.9 Å². The van der Waals surface area contributed by atoms with Gasteiger partial charge in [-0.25, -0.2) is 4.98 Å². The number of thioether (sulfide) groups is 1. The third kappa shape index (κ3) is 3.75. The second-order valence-electron chi connectivity index (χ2n) is 2.94. The minimum atomic E-state index is -0.761. The molecule has 1 N–H and O–H groups in total. The van der Waals surface area contributed by atoms with Crippen molar-refractivity contribution in [1.29, 1.82) is 0 Å². The summed E-state index contributed by atoms with van der Waals surface area (Å²) in [5.74, 6) is -0.182. The molecule has 0 radical (unpaired) electrons. The third-order valence-electron chi connectivity index (χ3n) is 1.82. The number of aliphatic carboxylic acids is 1. The molecule has 1 aromatic heterocycles. The smallest absolute Gasteiger partial charge is 1.00 e.